The van der Waals surface area contributed by atoms with Gasteiger partial charge in [-0.05, 0) is 44.9 Å². The standard InChI is InChI=1S/C16H24O6/c1-11(17)6-15(19)21-9-13-4-3-5-14(8-13)10-22-16(20)7-12(2)18/h13-14H,3-10H2,1-2H3. The fourth-order valence-electron chi connectivity index (χ4n) is 2.64. The fourth-order valence-corrected chi connectivity index (χ4v) is 2.64. The lowest BCUT2D eigenvalue weighted by Crippen LogP contribution is -2.25. The van der Waals surface area contributed by atoms with Crippen molar-refractivity contribution in [3.63, 3.8) is 0 Å². The van der Waals surface area contributed by atoms with Crippen LogP contribution in [0.25, 0.3) is 0 Å². The maximum atomic E-state index is 11.4. The molecule has 6 nitrogen and oxygen atoms in total. The molecule has 124 valence electrons. The van der Waals surface area contributed by atoms with Crippen LogP contribution in [0.3, 0.4) is 0 Å². The Kier molecular flexibility index (Phi) is 7.77. The Morgan fingerprint density at radius 3 is 1.59 bits per heavy atom. The molecule has 0 spiro atoms. The van der Waals surface area contributed by atoms with Crippen LogP contribution < -0.4 is 0 Å². The molecule has 1 rings (SSSR count). The van der Waals surface area contributed by atoms with Crippen molar-refractivity contribution in [1.82, 2.24) is 0 Å². The highest BCUT2D eigenvalue weighted by Crippen LogP contribution is 2.29. The van der Waals surface area contributed by atoms with Crippen LogP contribution in [0, 0.1) is 11.8 Å². The second kappa shape index (κ2) is 9.33. The van der Waals surface area contributed by atoms with Crippen molar-refractivity contribution >= 4 is 23.5 Å². The normalized spacial score (nSPS) is 21.0. The summed E-state index contributed by atoms with van der Waals surface area (Å²) in [6.45, 7) is 3.33. The molecule has 1 aliphatic carbocycles. The van der Waals surface area contributed by atoms with Crippen LogP contribution in [0.4, 0.5) is 0 Å². The van der Waals surface area contributed by atoms with Crippen LogP contribution in [-0.2, 0) is 28.7 Å². The van der Waals surface area contributed by atoms with E-state index in [-0.39, 0.29) is 36.2 Å². The van der Waals surface area contributed by atoms with Gasteiger partial charge in [0.2, 0.25) is 0 Å². The summed E-state index contributed by atoms with van der Waals surface area (Å²) in [5.74, 6) is -0.903. The lowest BCUT2D eigenvalue weighted by atomic mass is 9.82. The maximum absolute atomic E-state index is 11.4. The molecular weight excluding hydrogens is 288 g/mol. The van der Waals surface area contributed by atoms with Gasteiger partial charge in [-0.25, -0.2) is 0 Å². The van der Waals surface area contributed by atoms with Gasteiger partial charge in [0.15, 0.2) is 0 Å². The van der Waals surface area contributed by atoms with Crippen molar-refractivity contribution in [2.45, 2.75) is 52.4 Å². The van der Waals surface area contributed by atoms with E-state index in [0.717, 1.165) is 25.7 Å². The highest BCUT2D eigenvalue weighted by molar-refractivity contribution is 5.94. The van der Waals surface area contributed by atoms with E-state index in [4.69, 9.17) is 9.47 Å². The minimum absolute atomic E-state index is 0.182. The average molecular weight is 312 g/mol. The third-order valence-corrected chi connectivity index (χ3v) is 3.64. The molecule has 2 atom stereocenters. The van der Waals surface area contributed by atoms with Crippen LogP contribution >= 0.6 is 0 Å². The predicted molar refractivity (Wildman–Crippen MR) is 78.0 cm³/mol. The van der Waals surface area contributed by atoms with E-state index < -0.39 is 11.9 Å². The summed E-state index contributed by atoms with van der Waals surface area (Å²) in [6.07, 6.45) is 3.37. The van der Waals surface area contributed by atoms with E-state index in [0.29, 0.717) is 13.2 Å². The molecule has 22 heavy (non-hydrogen) atoms. The molecule has 0 aromatic heterocycles. The Balaban J connectivity index is 2.26. The van der Waals surface area contributed by atoms with Gasteiger partial charge in [-0.1, -0.05) is 6.42 Å². The monoisotopic (exact) mass is 312 g/mol. The molecule has 0 aliphatic heterocycles. The van der Waals surface area contributed by atoms with E-state index in [1.54, 1.807) is 0 Å². The smallest absolute Gasteiger partial charge is 0.313 e. The fraction of sp³-hybridized carbons (Fsp3) is 0.750. The SMILES string of the molecule is CC(=O)CC(=O)OCC1CCCC(COC(=O)CC(C)=O)C1. The first kappa shape index (κ1) is 18.3. The number of hydrogen-bond donors (Lipinski definition) is 0. The molecule has 1 aliphatic rings. The van der Waals surface area contributed by atoms with Crippen molar-refractivity contribution in [3.05, 3.63) is 0 Å². The van der Waals surface area contributed by atoms with Crippen molar-refractivity contribution in [2.75, 3.05) is 13.2 Å². The third-order valence-electron chi connectivity index (χ3n) is 3.64. The Hall–Kier alpha value is -1.72. The summed E-state index contributed by atoms with van der Waals surface area (Å²) >= 11 is 0. The zero-order valence-corrected chi connectivity index (χ0v) is 13.3. The number of carbonyl (C=O) groups is 4. The zero-order valence-electron chi connectivity index (χ0n) is 13.3. The third kappa shape index (κ3) is 7.90. The first-order valence-electron chi connectivity index (χ1n) is 7.67. The Morgan fingerprint density at radius 2 is 1.23 bits per heavy atom. The quantitative estimate of drug-likeness (QED) is 0.502. The van der Waals surface area contributed by atoms with Gasteiger partial charge in [0.05, 0.1) is 13.2 Å². The number of carbonyl (C=O) groups excluding carboxylic acids is 4. The maximum Gasteiger partial charge on any atom is 0.313 e. The van der Waals surface area contributed by atoms with E-state index in [2.05, 4.69) is 0 Å². The largest absolute Gasteiger partial charge is 0.465 e. The lowest BCUT2D eigenvalue weighted by Gasteiger charge is -2.28. The highest BCUT2D eigenvalue weighted by Gasteiger charge is 2.24. The molecule has 0 N–H and O–H groups in total. The lowest BCUT2D eigenvalue weighted by molar-refractivity contribution is -0.147. The van der Waals surface area contributed by atoms with Crippen LogP contribution in [0.1, 0.15) is 52.4 Å². The van der Waals surface area contributed by atoms with E-state index in [9.17, 15) is 19.2 Å². The van der Waals surface area contributed by atoms with Gasteiger partial charge in [-0.2, -0.15) is 0 Å². The number of esters is 2. The molecule has 2 unspecified atom stereocenters. The summed E-state index contributed by atoms with van der Waals surface area (Å²) < 4.78 is 10.2. The zero-order chi connectivity index (χ0) is 16.5. The van der Waals surface area contributed by atoms with Gasteiger partial charge in [0.1, 0.15) is 24.4 Å². The second-order valence-corrected chi connectivity index (χ2v) is 6.02. The van der Waals surface area contributed by atoms with Gasteiger partial charge in [0.25, 0.3) is 0 Å². The molecule has 0 radical (unpaired) electrons. The Morgan fingerprint density at radius 1 is 0.818 bits per heavy atom. The summed E-state index contributed by atoms with van der Waals surface area (Å²) in [5.41, 5.74) is 0. The van der Waals surface area contributed by atoms with Crippen molar-refractivity contribution in [3.8, 4) is 0 Å². The number of ether oxygens (including phenoxy) is 2. The molecule has 0 aromatic rings. The minimum Gasteiger partial charge on any atom is -0.465 e. The topological polar surface area (TPSA) is 86.7 Å². The first-order chi connectivity index (χ1) is 10.4. The van der Waals surface area contributed by atoms with E-state index >= 15 is 0 Å². The minimum atomic E-state index is -0.484. The van der Waals surface area contributed by atoms with Crippen molar-refractivity contribution < 1.29 is 28.7 Å². The van der Waals surface area contributed by atoms with Gasteiger partial charge in [-0.15, -0.1) is 0 Å². The molecular formula is C16H24O6. The molecule has 1 fully saturated rings. The van der Waals surface area contributed by atoms with Crippen molar-refractivity contribution in [2.24, 2.45) is 11.8 Å². The second-order valence-electron chi connectivity index (χ2n) is 6.02. The summed E-state index contributed by atoms with van der Waals surface area (Å²) in [5, 5.41) is 0. The molecule has 0 bridgehead atoms. The molecule has 0 aromatic carbocycles. The van der Waals surface area contributed by atoms with Gasteiger partial charge < -0.3 is 9.47 Å². The molecule has 0 amide bonds. The highest BCUT2D eigenvalue weighted by atomic mass is 16.5. The Labute approximate surface area is 130 Å². The van der Waals surface area contributed by atoms with Crippen molar-refractivity contribution in [1.29, 1.82) is 0 Å². The van der Waals surface area contributed by atoms with Crippen LogP contribution in [0.15, 0.2) is 0 Å². The predicted octanol–water partition coefficient (Wildman–Crippen LogP) is 1.84. The summed E-state index contributed by atoms with van der Waals surface area (Å²) in [4.78, 5) is 44.3. The number of rotatable bonds is 8. The molecule has 6 heteroatoms. The van der Waals surface area contributed by atoms with Gasteiger partial charge in [0, 0.05) is 0 Å². The summed E-state index contributed by atoms with van der Waals surface area (Å²) in [7, 11) is 0. The first-order valence-corrected chi connectivity index (χ1v) is 7.67. The van der Waals surface area contributed by atoms with Crippen LogP contribution in [0.2, 0.25) is 0 Å². The Bertz CT molecular complexity index is 390. The number of hydrogen-bond acceptors (Lipinski definition) is 6. The van der Waals surface area contributed by atoms with Crippen LogP contribution in [0.5, 0.6) is 0 Å². The molecule has 0 heterocycles. The molecule has 0 saturated heterocycles. The average Bonchev–Trinajstić information content (AvgIpc) is 2.42. The summed E-state index contributed by atoms with van der Waals surface area (Å²) in [6, 6.07) is 0. The van der Waals surface area contributed by atoms with Crippen LogP contribution in [-0.4, -0.2) is 36.7 Å². The molecule has 1 saturated carbocycles. The van der Waals surface area contributed by atoms with E-state index in [1.807, 2.05) is 0 Å². The van der Waals surface area contributed by atoms with Gasteiger partial charge in [-0.3, -0.25) is 19.2 Å². The number of Topliss-reactive ketones (excluding diaryl/α,β-unsaturated/α-hetero) is 2. The number of ketones is 2. The van der Waals surface area contributed by atoms with Gasteiger partial charge >= 0.3 is 11.9 Å². The van der Waals surface area contributed by atoms with E-state index in [1.165, 1.54) is 13.8 Å².